The van der Waals surface area contributed by atoms with E-state index in [0.717, 1.165) is 4.52 Å². The fourth-order valence-electron chi connectivity index (χ4n) is 2.56. The van der Waals surface area contributed by atoms with Crippen molar-refractivity contribution in [1.82, 2.24) is 19.8 Å². The number of alkyl halides is 4. The smallest absolute Gasteiger partial charge is 0.206 e. The predicted octanol–water partition coefficient (Wildman–Crippen LogP) is 3.85. The van der Waals surface area contributed by atoms with Crippen LogP contribution in [0, 0.1) is 0 Å². The van der Waals surface area contributed by atoms with Crippen molar-refractivity contribution in [2.45, 2.75) is 24.7 Å². The molecule has 1 aliphatic carbocycles. The van der Waals surface area contributed by atoms with Crippen LogP contribution in [-0.4, -0.2) is 25.7 Å². The molecule has 118 valence electrons. The van der Waals surface area contributed by atoms with Crippen LogP contribution in [0.3, 0.4) is 0 Å². The molecule has 23 heavy (non-hydrogen) atoms. The maximum Gasteiger partial charge on any atom is 0.299 e. The summed E-state index contributed by atoms with van der Waals surface area (Å²) in [4.78, 5) is 0. The van der Waals surface area contributed by atoms with Crippen molar-refractivity contribution >= 4 is 5.65 Å². The largest absolute Gasteiger partial charge is 0.299 e. The summed E-state index contributed by atoms with van der Waals surface area (Å²) < 4.78 is 52.8. The average molecular weight is 322 g/mol. The standard InChI is InChI=1S/C15H10F4N4/c16-13(17)14-21-20-12-6-5-11(22-23(12)14)9-3-1-8(2-4-9)10-7-15(10,18)19/h1-6,10,13H,7H2/t10-/m1/s1. The van der Waals surface area contributed by atoms with Gasteiger partial charge in [-0.25, -0.2) is 17.6 Å². The van der Waals surface area contributed by atoms with Crippen molar-refractivity contribution < 1.29 is 17.6 Å². The molecule has 4 rings (SSSR count). The monoisotopic (exact) mass is 322 g/mol. The van der Waals surface area contributed by atoms with Crippen molar-refractivity contribution in [3.63, 3.8) is 0 Å². The van der Waals surface area contributed by atoms with Gasteiger partial charge in [0.15, 0.2) is 5.65 Å². The maximum atomic E-state index is 13.1. The summed E-state index contributed by atoms with van der Waals surface area (Å²) in [5.74, 6) is -3.88. The van der Waals surface area contributed by atoms with Gasteiger partial charge in [0, 0.05) is 12.0 Å². The van der Waals surface area contributed by atoms with Gasteiger partial charge in [0.25, 0.3) is 12.3 Å². The third kappa shape index (κ3) is 2.34. The fraction of sp³-hybridized carbons (Fsp3) is 0.267. The van der Waals surface area contributed by atoms with E-state index in [4.69, 9.17) is 0 Å². The number of halogens is 4. The third-order valence-corrected chi connectivity index (χ3v) is 3.92. The van der Waals surface area contributed by atoms with Crippen molar-refractivity contribution in [2.24, 2.45) is 0 Å². The molecule has 1 saturated carbocycles. The minimum absolute atomic E-state index is 0.130. The highest BCUT2D eigenvalue weighted by Crippen LogP contribution is 2.55. The fourth-order valence-corrected chi connectivity index (χ4v) is 2.56. The van der Waals surface area contributed by atoms with Gasteiger partial charge >= 0.3 is 0 Å². The molecule has 0 bridgehead atoms. The highest BCUT2D eigenvalue weighted by molar-refractivity contribution is 5.61. The van der Waals surface area contributed by atoms with Crippen LogP contribution >= 0.6 is 0 Å². The van der Waals surface area contributed by atoms with E-state index in [-0.39, 0.29) is 12.1 Å². The number of aromatic nitrogens is 4. The Bertz CT molecular complexity index is 873. The lowest BCUT2D eigenvalue weighted by Gasteiger charge is -2.05. The minimum Gasteiger partial charge on any atom is -0.206 e. The Morgan fingerprint density at radius 3 is 2.35 bits per heavy atom. The lowest BCUT2D eigenvalue weighted by atomic mass is 10.1. The first-order chi connectivity index (χ1) is 11.0. The molecule has 3 aromatic rings. The van der Waals surface area contributed by atoms with Gasteiger partial charge in [-0.2, -0.15) is 9.61 Å². The van der Waals surface area contributed by atoms with Gasteiger partial charge in [-0.1, -0.05) is 24.3 Å². The normalized spacial score (nSPS) is 19.4. The molecule has 0 amide bonds. The van der Waals surface area contributed by atoms with Gasteiger partial charge in [0.05, 0.1) is 11.6 Å². The molecule has 0 aliphatic heterocycles. The van der Waals surface area contributed by atoms with Crippen LogP contribution < -0.4 is 0 Å². The van der Waals surface area contributed by atoms with Gasteiger partial charge in [-0.15, -0.1) is 10.2 Å². The Morgan fingerprint density at radius 1 is 1.04 bits per heavy atom. The van der Waals surface area contributed by atoms with Crippen LogP contribution in [0.5, 0.6) is 0 Å². The third-order valence-electron chi connectivity index (χ3n) is 3.92. The molecule has 0 radical (unpaired) electrons. The zero-order chi connectivity index (χ0) is 16.2. The van der Waals surface area contributed by atoms with Crippen molar-refractivity contribution in [3.05, 3.63) is 47.8 Å². The van der Waals surface area contributed by atoms with E-state index in [1.807, 2.05) is 0 Å². The van der Waals surface area contributed by atoms with E-state index >= 15 is 0 Å². The molecule has 1 aromatic carbocycles. The summed E-state index contributed by atoms with van der Waals surface area (Å²) in [7, 11) is 0. The Morgan fingerprint density at radius 2 is 1.74 bits per heavy atom. The molecule has 2 aromatic heterocycles. The first-order valence-corrected chi connectivity index (χ1v) is 6.94. The number of fused-ring (bicyclic) bond motifs is 1. The van der Waals surface area contributed by atoms with E-state index < -0.39 is 24.1 Å². The van der Waals surface area contributed by atoms with Crippen LogP contribution in [0.1, 0.15) is 30.2 Å². The van der Waals surface area contributed by atoms with Gasteiger partial charge in [0.2, 0.25) is 5.82 Å². The van der Waals surface area contributed by atoms with E-state index in [1.54, 1.807) is 30.3 Å². The molecule has 0 spiro atoms. The van der Waals surface area contributed by atoms with E-state index in [2.05, 4.69) is 15.3 Å². The highest BCUT2D eigenvalue weighted by atomic mass is 19.3. The number of benzene rings is 1. The zero-order valence-electron chi connectivity index (χ0n) is 11.6. The summed E-state index contributed by atoms with van der Waals surface area (Å²) in [5.41, 5.74) is 1.87. The minimum atomic E-state index is -2.78. The first-order valence-electron chi connectivity index (χ1n) is 6.94. The zero-order valence-corrected chi connectivity index (χ0v) is 11.6. The van der Waals surface area contributed by atoms with Crippen LogP contribution in [-0.2, 0) is 0 Å². The molecule has 1 atom stereocenters. The summed E-state index contributed by atoms with van der Waals surface area (Å²) in [6, 6.07) is 9.71. The van der Waals surface area contributed by atoms with E-state index in [1.165, 1.54) is 6.07 Å². The number of hydrogen-bond donors (Lipinski definition) is 0. The molecule has 0 N–H and O–H groups in total. The Balaban J connectivity index is 1.70. The second-order valence-corrected chi connectivity index (χ2v) is 5.49. The number of nitrogens with zero attached hydrogens (tertiary/aromatic N) is 4. The molecule has 0 unspecified atom stereocenters. The molecule has 0 saturated heterocycles. The summed E-state index contributed by atoms with van der Waals surface area (Å²) in [6.07, 6.45) is -2.91. The van der Waals surface area contributed by atoms with Gasteiger partial charge in [0.1, 0.15) is 0 Å². The van der Waals surface area contributed by atoms with Crippen LogP contribution in [0.2, 0.25) is 0 Å². The summed E-state index contributed by atoms with van der Waals surface area (Å²) in [6.45, 7) is 0. The highest BCUT2D eigenvalue weighted by Gasteiger charge is 2.57. The molecule has 2 heterocycles. The van der Waals surface area contributed by atoms with E-state index in [9.17, 15) is 17.6 Å². The first kappa shape index (κ1) is 14.1. The van der Waals surface area contributed by atoms with Crippen molar-refractivity contribution in [1.29, 1.82) is 0 Å². The molecular formula is C15H10F4N4. The Labute approximate surface area is 127 Å². The van der Waals surface area contributed by atoms with Crippen LogP contribution in [0.25, 0.3) is 16.9 Å². The second kappa shape index (κ2) is 4.74. The average Bonchev–Trinajstić information content (AvgIpc) is 2.97. The van der Waals surface area contributed by atoms with Crippen LogP contribution in [0.15, 0.2) is 36.4 Å². The Kier molecular flexibility index (Phi) is 2.91. The predicted molar refractivity (Wildman–Crippen MR) is 73.5 cm³/mol. The van der Waals surface area contributed by atoms with Gasteiger partial charge in [-0.3, -0.25) is 0 Å². The van der Waals surface area contributed by atoms with Gasteiger partial charge in [-0.05, 0) is 17.7 Å². The molecule has 1 aliphatic rings. The quantitative estimate of drug-likeness (QED) is 0.688. The molecule has 4 nitrogen and oxygen atoms in total. The number of rotatable bonds is 3. The molecule has 8 heteroatoms. The number of hydrogen-bond acceptors (Lipinski definition) is 3. The molecule has 1 fully saturated rings. The van der Waals surface area contributed by atoms with E-state index in [0.29, 0.717) is 16.8 Å². The second-order valence-electron chi connectivity index (χ2n) is 5.49. The lowest BCUT2D eigenvalue weighted by Crippen LogP contribution is -2.00. The SMILES string of the molecule is FC(F)c1nnc2ccc(-c3ccc([C@H]4CC4(F)F)cc3)nn12. The summed E-state index contributed by atoms with van der Waals surface area (Å²) >= 11 is 0. The Hall–Kier alpha value is -2.51. The topological polar surface area (TPSA) is 43.1 Å². The van der Waals surface area contributed by atoms with Crippen molar-refractivity contribution in [2.75, 3.05) is 0 Å². The lowest BCUT2D eigenvalue weighted by molar-refractivity contribution is 0.112. The molecular weight excluding hydrogens is 312 g/mol. The maximum absolute atomic E-state index is 13.1. The van der Waals surface area contributed by atoms with Crippen LogP contribution in [0.4, 0.5) is 17.6 Å². The summed E-state index contributed by atoms with van der Waals surface area (Å²) in [5, 5.41) is 11.1. The van der Waals surface area contributed by atoms with Gasteiger partial charge < -0.3 is 0 Å². The van der Waals surface area contributed by atoms with Crippen molar-refractivity contribution in [3.8, 4) is 11.3 Å².